The molecule has 0 unspecified atom stereocenters. The van der Waals surface area contributed by atoms with Gasteiger partial charge in [-0.05, 0) is 43.0 Å². The third-order valence-electron chi connectivity index (χ3n) is 5.75. The topological polar surface area (TPSA) is 59.8 Å². The smallest absolute Gasteiger partial charge is 0.231 e. The minimum atomic E-state index is -0.232. The number of hydrogen-bond acceptors (Lipinski definition) is 4. The molecule has 7 heteroatoms. The molecule has 2 aromatic carbocycles. The van der Waals surface area contributed by atoms with Crippen LogP contribution < -0.4 is 5.32 Å². The fourth-order valence-corrected chi connectivity index (χ4v) is 5.19. The van der Waals surface area contributed by atoms with Gasteiger partial charge < -0.3 is 9.88 Å². The van der Waals surface area contributed by atoms with Crippen molar-refractivity contribution in [3.63, 3.8) is 0 Å². The number of nitrogens with zero attached hydrogens (tertiary/aromatic N) is 3. The van der Waals surface area contributed by atoms with Gasteiger partial charge in [0.15, 0.2) is 5.16 Å². The minimum Gasteiger partial charge on any atom is -0.344 e. The summed E-state index contributed by atoms with van der Waals surface area (Å²) < 4.78 is 2.23. The Kier molecular flexibility index (Phi) is 7.30. The van der Waals surface area contributed by atoms with Crippen LogP contribution in [0.4, 0.5) is 0 Å². The highest BCUT2D eigenvalue weighted by atomic mass is 35.5. The summed E-state index contributed by atoms with van der Waals surface area (Å²) in [5, 5.41) is 13.3. The molecule has 3 aromatic rings. The molecular weight excluding hydrogens is 428 g/mol. The van der Waals surface area contributed by atoms with Crippen molar-refractivity contribution in [3.05, 3.63) is 76.6 Å². The second kappa shape index (κ2) is 10.3. The number of rotatable bonds is 7. The van der Waals surface area contributed by atoms with E-state index in [0.29, 0.717) is 16.8 Å². The number of carbonyl (C=O) groups excluding carboxylic acids is 1. The van der Waals surface area contributed by atoms with E-state index >= 15 is 0 Å². The van der Waals surface area contributed by atoms with Crippen LogP contribution in [0.1, 0.15) is 61.1 Å². The molecule has 1 aromatic heterocycles. The van der Waals surface area contributed by atoms with Crippen molar-refractivity contribution in [1.29, 1.82) is 0 Å². The van der Waals surface area contributed by atoms with Crippen LogP contribution >= 0.6 is 23.4 Å². The molecule has 31 heavy (non-hydrogen) atoms. The second-order valence-corrected chi connectivity index (χ2v) is 9.32. The number of thioether (sulfide) groups is 1. The molecule has 0 spiro atoms. The zero-order valence-electron chi connectivity index (χ0n) is 17.6. The van der Waals surface area contributed by atoms with Gasteiger partial charge in [0.2, 0.25) is 5.91 Å². The van der Waals surface area contributed by atoms with E-state index in [-0.39, 0.29) is 11.9 Å². The van der Waals surface area contributed by atoms with Crippen LogP contribution in [0, 0.1) is 6.92 Å². The van der Waals surface area contributed by atoms with Crippen LogP contribution in [0.2, 0.25) is 5.02 Å². The zero-order valence-corrected chi connectivity index (χ0v) is 19.2. The van der Waals surface area contributed by atoms with E-state index in [9.17, 15) is 4.79 Å². The molecule has 4 rings (SSSR count). The normalized spacial score (nSPS) is 15.5. The lowest BCUT2D eigenvalue weighted by atomic mass is 9.95. The van der Waals surface area contributed by atoms with Gasteiger partial charge in [-0.1, -0.05) is 85.1 Å². The predicted octanol–water partition coefficient (Wildman–Crippen LogP) is 5.74. The maximum Gasteiger partial charge on any atom is 0.231 e. The first-order valence-corrected chi connectivity index (χ1v) is 12.1. The monoisotopic (exact) mass is 454 g/mol. The Morgan fingerprint density at radius 2 is 1.74 bits per heavy atom. The van der Waals surface area contributed by atoms with Gasteiger partial charge in [0.1, 0.15) is 5.82 Å². The molecule has 1 amide bonds. The van der Waals surface area contributed by atoms with Crippen molar-refractivity contribution in [2.75, 3.05) is 5.75 Å². The summed E-state index contributed by atoms with van der Waals surface area (Å²) in [7, 11) is 0. The summed E-state index contributed by atoms with van der Waals surface area (Å²) in [5.74, 6) is 1.18. The van der Waals surface area contributed by atoms with Gasteiger partial charge in [-0.2, -0.15) is 0 Å². The van der Waals surface area contributed by atoms with Crippen molar-refractivity contribution in [3.8, 4) is 0 Å². The number of halogens is 1. The highest BCUT2D eigenvalue weighted by molar-refractivity contribution is 7.99. The lowest BCUT2D eigenvalue weighted by Gasteiger charge is -2.25. The van der Waals surface area contributed by atoms with Crippen molar-refractivity contribution in [2.45, 2.75) is 56.3 Å². The van der Waals surface area contributed by atoms with E-state index in [1.165, 1.54) is 31.0 Å². The average molecular weight is 455 g/mol. The third-order valence-corrected chi connectivity index (χ3v) is 6.94. The minimum absolute atomic E-state index is 0.0374. The number of amides is 1. The second-order valence-electron chi connectivity index (χ2n) is 7.94. The Morgan fingerprint density at radius 3 is 2.45 bits per heavy atom. The zero-order chi connectivity index (χ0) is 21.6. The number of aromatic nitrogens is 3. The molecule has 0 saturated heterocycles. The molecule has 1 atom stereocenters. The first kappa shape index (κ1) is 21.9. The van der Waals surface area contributed by atoms with Gasteiger partial charge >= 0.3 is 0 Å². The summed E-state index contributed by atoms with van der Waals surface area (Å²) in [6.07, 6.45) is 6.10. The van der Waals surface area contributed by atoms with Crippen molar-refractivity contribution < 1.29 is 4.79 Å². The first-order chi connectivity index (χ1) is 15.1. The van der Waals surface area contributed by atoms with Crippen molar-refractivity contribution in [1.82, 2.24) is 20.1 Å². The van der Waals surface area contributed by atoms with Gasteiger partial charge in [-0.3, -0.25) is 4.79 Å². The summed E-state index contributed by atoms with van der Waals surface area (Å²) in [5.41, 5.74) is 2.03. The highest BCUT2D eigenvalue weighted by Gasteiger charge is 2.23. The molecule has 1 fully saturated rings. The summed E-state index contributed by atoms with van der Waals surface area (Å²) in [6, 6.07) is 17.8. The Bertz CT molecular complexity index is 1000. The molecule has 1 aliphatic carbocycles. The molecule has 162 valence electrons. The van der Waals surface area contributed by atoms with Gasteiger partial charge in [0.25, 0.3) is 0 Å². The van der Waals surface area contributed by atoms with Crippen molar-refractivity contribution >= 4 is 29.3 Å². The van der Waals surface area contributed by atoms with Crippen LogP contribution in [0.3, 0.4) is 0 Å². The highest BCUT2D eigenvalue weighted by Crippen LogP contribution is 2.32. The fraction of sp³-hybridized carbons (Fsp3) is 0.375. The van der Waals surface area contributed by atoms with E-state index in [1.54, 1.807) is 0 Å². The third kappa shape index (κ3) is 5.49. The van der Waals surface area contributed by atoms with Crippen LogP contribution in [0.15, 0.2) is 59.8 Å². The summed E-state index contributed by atoms with van der Waals surface area (Å²) in [4.78, 5) is 12.9. The molecule has 0 aliphatic heterocycles. The Hall–Kier alpha value is -2.31. The largest absolute Gasteiger partial charge is 0.344 e. The molecule has 1 saturated carbocycles. The van der Waals surface area contributed by atoms with Crippen molar-refractivity contribution in [2.24, 2.45) is 0 Å². The fourth-order valence-electron chi connectivity index (χ4n) is 4.20. The molecule has 0 bridgehead atoms. The molecule has 0 radical (unpaired) electrons. The number of benzene rings is 2. The number of nitrogens with one attached hydrogen (secondary N) is 1. The average Bonchev–Trinajstić information content (AvgIpc) is 3.18. The van der Waals surface area contributed by atoms with Crippen LogP contribution in [0.25, 0.3) is 0 Å². The van der Waals surface area contributed by atoms with E-state index in [1.807, 2.05) is 61.5 Å². The van der Waals surface area contributed by atoms with E-state index < -0.39 is 0 Å². The van der Waals surface area contributed by atoms with Gasteiger partial charge in [-0.15, -0.1) is 10.2 Å². The molecular formula is C24H27ClN4OS. The summed E-state index contributed by atoms with van der Waals surface area (Å²) >= 11 is 7.52. The van der Waals surface area contributed by atoms with E-state index in [0.717, 1.165) is 34.9 Å². The van der Waals surface area contributed by atoms with Crippen LogP contribution in [0.5, 0.6) is 0 Å². The van der Waals surface area contributed by atoms with E-state index in [2.05, 4.69) is 20.1 Å². The van der Waals surface area contributed by atoms with Gasteiger partial charge in [0.05, 0.1) is 11.8 Å². The Labute approximate surface area is 192 Å². The predicted molar refractivity (Wildman–Crippen MR) is 125 cm³/mol. The maximum absolute atomic E-state index is 12.9. The van der Waals surface area contributed by atoms with E-state index in [4.69, 9.17) is 11.6 Å². The number of carbonyl (C=O) groups is 1. The lowest BCUT2D eigenvalue weighted by Crippen LogP contribution is -2.30. The lowest BCUT2D eigenvalue weighted by molar-refractivity contribution is -0.119. The quantitative estimate of drug-likeness (QED) is 0.462. The maximum atomic E-state index is 12.9. The Balaban J connectivity index is 1.46. The van der Waals surface area contributed by atoms with Crippen LogP contribution in [-0.2, 0) is 4.79 Å². The SMILES string of the molecule is Cc1nnc(SCC(=O)N[C@H](c2ccccc2)c2ccc(Cl)cc2)n1C1CCCCC1. The van der Waals surface area contributed by atoms with Gasteiger partial charge in [0, 0.05) is 11.1 Å². The molecule has 1 heterocycles. The molecule has 1 N–H and O–H groups in total. The summed E-state index contributed by atoms with van der Waals surface area (Å²) in [6.45, 7) is 2.00. The molecule has 5 nitrogen and oxygen atoms in total. The standard InChI is InChI=1S/C24H27ClN4OS/c1-17-27-28-24(29(17)21-10-6-3-7-11-21)31-16-22(30)26-23(18-8-4-2-5-9-18)19-12-14-20(25)15-13-19/h2,4-5,8-9,12-15,21,23H,3,6-7,10-11,16H2,1H3,(H,26,30)/t23-/m1/s1. The van der Waals surface area contributed by atoms with Gasteiger partial charge in [-0.25, -0.2) is 0 Å². The number of hydrogen-bond donors (Lipinski definition) is 1. The van der Waals surface area contributed by atoms with Crippen LogP contribution in [-0.4, -0.2) is 26.4 Å². The Morgan fingerprint density at radius 1 is 1.06 bits per heavy atom. The molecule has 1 aliphatic rings. The first-order valence-electron chi connectivity index (χ1n) is 10.8. The number of aryl methyl sites for hydroxylation is 1.